The minimum Gasteiger partial charge on any atom is -0.396 e. The quantitative estimate of drug-likeness (QED) is 0.229. The molecule has 6 heteroatoms. The molecule has 0 radical (unpaired) electrons. The lowest BCUT2D eigenvalue weighted by atomic mass is 10.0. The van der Waals surface area contributed by atoms with E-state index in [0.29, 0.717) is 32.3 Å². The van der Waals surface area contributed by atoms with Crippen LogP contribution < -0.4 is 10.6 Å². The molecule has 2 aromatic carbocycles. The van der Waals surface area contributed by atoms with Gasteiger partial charge in [0.1, 0.15) is 0 Å². The van der Waals surface area contributed by atoms with Crippen LogP contribution in [0.15, 0.2) is 65.7 Å². The number of ether oxygens (including phenoxy) is 1. The van der Waals surface area contributed by atoms with Crippen LogP contribution in [-0.4, -0.2) is 44.4 Å². The van der Waals surface area contributed by atoms with E-state index >= 15 is 0 Å². The Labute approximate surface area is 172 Å². The molecule has 1 unspecified atom stereocenters. The summed E-state index contributed by atoms with van der Waals surface area (Å²) < 4.78 is 5.65. The summed E-state index contributed by atoms with van der Waals surface area (Å²) in [4.78, 5) is 4.20. The highest BCUT2D eigenvalue weighted by atomic mass is 127. The molecular formula is C20H28IN3O2. The maximum absolute atomic E-state index is 9.60. The SMILES string of the molecule is CN=C(NCCOCc1ccccc1)NCC(CO)c1ccccc1.I. The number of hydrogen-bond acceptors (Lipinski definition) is 3. The predicted molar refractivity (Wildman–Crippen MR) is 117 cm³/mol. The minimum absolute atomic E-state index is 0. The van der Waals surface area contributed by atoms with Crippen molar-refractivity contribution >= 4 is 29.9 Å². The number of guanidine groups is 1. The van der Waals surface area contributed by atoms with Crippen molar-refractivity contribution in [2.45, 2.75) is 12.5 Å². The normalized spacial score (nSPS) is 12.2. The molecule has 0 aromatic heterocycles. The number of nitrogens with zero attached hydrogens (tertiary/aromatic N) is 1. The third-order valence-electron chi connectivity index (χ3n) is 3.88. The van der Waals surface area contributed by atoms with Crippen LogP contribution in [0, 0.1) is 0 Å². The topological polar surface area (TPSA) is 65.9 Å². The van der Waals surface area contributed by atoms with E-state index < -0.39 is 0 Å². The van der Waals surface area contributed by atoms with Crippen molar-refractivity contribution in [1.82, 2.24) is 10.6 Å². The Kier molecular flexibility index (Phi) is 11.7. The molecule has 0 saturated heterocycles. The molecule has 0 amide bonds. The Morgan fingerprint density at radius 3 is 2.31 bits per heavy atom. The van der Waals surface area contributed by atoms with E-state index in [0.717, 1.165) is 5.56 Å². The van der Waals surface area contributed by atoms with Gasteiger partial charge in [0.25, 0.3) is 0 Å². The molecular weight excluding hydrogens is 441 g/mol. The zero-order valence-corrected chi connectivity index (χ0v) is 17.4. The van der Waals surface area contributed by atoms with Crippen molar-refractivity contribution in [2.24, 2.45) is 4.99 Å². The highest BCUT2D eigenvalue weighted by molar-refractivity contribution is 14.0. The molecule has 0 heterocycles. The lowest BCUT2D eigenvalue weighted by molar-refractivity contribution is 0.125. The summed E-state index contributed by atoms with van der Waals surface area (Å²) in [5, 5.41) is 16.1. The smallest absolute Gasteiger partial charge is 0.191 e. The van der Waals surface area contributed by atoms with Gasteiger partial charge in [0.2, 0.25) is 0 Å². The number of benzene rings is 2. The van der Waals surface area contributed by atoms with Crippen molar-refractivity contribution in [3.8, 4) is 0 Å². The molecule has 1 atom stereocenters. The number of aliphatic hydroxyl groups excluding tert-OH is 1. The van der Waals surface area contributed by atoms with Crippen LogP contribution in [0.25, 0.3) is 0 Å². The second kappa shape index (κ2) is 13.5. The first-order valence-electron chi connectivity index (χ1n) is 8.55. The lowest BCUT2D eigenvalue weighted by Crippen LogP contribution is -2.41. The van der Waals surface area contributed by atoms with Crippen molar-refractivity contribution in [1.29, 1.82) is 0 Å². The Bertz CT molecular complexity index is 623. The van der Waals surface area contributed by atoms with Gasteiger partial charge in [-0.3, -0.25) is 4.99 Å². The van der Waals surface area contributed by atoms with E-state index in [-0.39, 0.29) is 36.5 Å². The Morgan fingerprint density at radius 1 is 1.04 bits per heavy atom. The monoisotopic (exact) mass is 469 g/mol. The molecule has 2 aromatic rings. The first kappa shape index (κ1) is 22.4. The van der Waals surface area contributed by atoms with E-state index in [1.807, 2.05) is 60.7 Å². The number of rotatable bonds is 9. The predicted octanol–water partition coefficient (Wildman–Crippen LogP) is 2.76. The van der Waals surface area contributed by atoms with Crippen LogP contribution in [0.3, 0.4) is 0 Å². The average molecular weight is 469 g/mol. The van der Waals surface area contributed by atoms with Crippen molar-refractivity contribution in [2.75, 3.05) is 33.4 Å². The third kappa shape index (κ3) is 8.16. The molecule has 0 spiro atoms. The molecule has 0 saturated carbocycles. The fourth-order valence-electron chi connectivity index (χ4n) is 2.46. The zero-order chi connectivity index (χ0) is 17.7. The van der Waals surface area contributed by atoms with Crippen LogP contribution in [0.2, 0.25) is 0 Å². The zero-order valence-electron chi connectivity index (χ0n) is 15.1. The van der Waals surface area contributed by atoms with Crippen LogP contribution >= 0.6 is 24.0 Å². The summed E-state index contributed by atoms with van der Waals surface area (Å²) >= 11 is 0. The molecule has 3 N–H and O–H groups in total. The van der Waals surface area contributed by atoms with Crippen molar-refractivity contribution in [3.63, 3.8) is 0 Å². The number of aliphatic imine (C=N–C) groups is 1. The van der Waals surface area contributed by atoms with Crippen molar-refractivity contribution in [3.05, 3.63) is 71.8 Å². The fourth-order valence-corrected chi connectivity index (χ4v) is 2.46. The maximum Gasteiger partial charge on any atom is 0.191 e. The van der Waals surface area contributed by atoms with Gasteiger partial charge in [0.15, 0.2) is 5.96 Å². The van der Waals surface area contributed by atoms with Gasteiger partial charge in [0, 0.05) is 26.1 Å². The first-order chi connectivity index (χ1) is 12.3. The van der Waals surface area contributed by atoms with Gasteiger partial charge in [-0.15, -0.1) is 24.0 Å². The molecule has 0 aliphatic carbocycles. The van der Waals surface area contributed by atoms with Gasteiger partial charge in [-0.1, -0.05) is 60.7 Å². The van der Waals surface area contributed by atoms with Gasteiger partial charge < -0.3 is 20.5 Å². The average Bonchev–Trinajstić information content (AvgIpc) is 2.68. The third-order valence-corrected chi connectivity index (χ3v) is 3.88. The number of aliphatic hydroxyl groups is 1. The Morgan fingerprint density at radius 2 is 1.69 bits per heavy atom. The number of halogens is 1. The molecule has 0 fully saturated rings. The van der Waals surface area contributed by atoms with Gasteiger partial charge >= 0.3 is 0 Å². The van der Waals surface area contributed by atoms with E-state index in [9.17, 15) is 5.11 Å². The number of hydrogen-bond donors (Lipinski definition) is 3. The summed E-state index contributed by atoms with van der Waals surface area (Å²) in [6.07, 6.45) is 0. The van der Waals surface area contributed by atoms with Gasteiger partial charge in [-0.25, -0.2) is 0 Å². The minimum atomic E-state index is 0. The summed E-state index contributed by atoms with van der Waals surface area (Å²) in [7, 11) is 1.73. The molecule has 0 bridgehead atoms. The summed E-state index contributed by atoms with van der Waals surface area (Å²) in [6.45, 7) is 2.58. The van der Waals surface area contributed by atoms with Gasteiger partial charge in [-0.2, -0.15) is 0 Å². The highest BCUT2D eigenvalue weighted by Gasteiger charge is 2.10. The van der Waals surface area contributed by atoms with E-state index in [1.165, 1.54) is 5.56 Å². The largest absolute Gasteiger partial charge is 0.396 e. The van der Waals surface area contributed by atoms with Crippen LogP contribution in [0.4, 0.5) is 0 Å². The molecule has 0 aliphatic rings. The molecule has 142 valence electrons. The first-order valence-corrected chi connectivity index (χ1v) is 8.55. The molecule has 0 aliphatic heterocycles. The van der Waals surface area contributed by atoms with Crippen LogP contribution in [0.5, 0.6) is 0 Å². The lowest BCUT2D eigenvalue weighted by Gasteiger charge is -2.18. The summed E-state index contributed by atoms with van der Waals surface area (Å²) in [5.41, 5.74) is 2.28. The number of nitrogens with one attached hydrogen (secondary N) is 2. The van der Waals surface area contributed by atoms with Crippen LogP contribution in [0.1, 0.15) is 17.0 Å². The van der Waals surface area contributed by atoms with Crippen LogP contribution in [-0.2, 0) is 11.3 Å². The van der Waals surface area contributed by atoms with E-state index in [1.54, 1.807) is 7.05 Å². The Balaban J connectivity index is 0.00000338. The summed E-state index contributed by atoms with van der Waals surface area (Å²) in [5.74, 6) is 0.742. The second-order valence-corrected chi connectivity index (χ2v) is 5.71. The van der Waals surface area contributed by atoms with Gasteiger partial charge in [0.05, 0.1) is 19.8 Å². The molecule has 2 rings (SSSR count). The molecule has 5 nitrogen and oxygen atoms in total. The fraction of sp³-hybridized carbons (Fsp3) is 0.350. The second-order valence-electron chi connectivity index (χ2n) is 5.71. The Hall–Kier alpha value is -1.64. The standard InChI is InChI=1S/C20H27N3O2.HI/c1-21-20(22-12-13-25-16-17-8-4-2-5-9-17)23-14-19(15-24)18-10-6-3-7-11-18;/h2-11,19,24H,12-16H2,1H3,(H2,21,22,23);1H. The van der Waals surface area contributed by atoms with E-state index in [2.05, 4.69) is 15.6 Å². The summed E-state index contributed by atoms with van der Waals surface area (Å²) in [6, 6.07) is 20.1. The molecule has 26 heavy (non-hydrogen) atoms. The van der Waals surface area contributed by atoms with Crippen molar-refractivity contribution < 1.29 is 9.84 Å². The highest BCUT2D eigenvalue weighted by Crippen LogP contribution is 2.13. The maximum atomic E-state index is 9.60. The van der Waals surface area contributed by atoms with E-state index in [4.69, 9.17) is 4.74 Å². The van der Waals surface area contributed by atoms with Gasteiger partial charge in [-0.05, 0) is 11.1 Å².